The number of hydrogen-bond donors (Lipinski definition) is 1. The van der Waals surface area contributed by atoms with Crippen molar-refractivity contribution in [1.82, 2.24) is 10.2 Å². The summed E-state index contributed by atoms with van der Waals surface area (Å²) in [6.45, 7) is 5.96. The highest BCUT2D eigenvalue weighted by atomic mass is 16.5. The average Bonchev–Trinajstić information content (AvgIpc) is 3.08. The van der Waals surface area contributed by atoms with Crippen molar-refractivity contribution in [2.75, 3.05) is 32.8 Å². The first-order chi connectivity index (χ1) is 8.43. The molecule has 0 aromatic heterocycles. The molecule has 0 amide bonds. The van der Waals surface area contributed by atoms with Crippen molar-refractivity contribution in [3.63, 3.8) is 0 Å². The van der Waals surface area contributed by atoms with Crippen LogP contribution in [-0.4, -0.2) is 49.8 Å². The molecule has 2 atom stereocenters. The van der Waals surface area contributed by atoms with Crippen molar-refractivity contribution in [1.29, 1.82) is 0 Å². The maximum atomic E-state index is 5.70. The van der Waals surface area contributed by atoms with E-state index in [1.54, 1.807) is 0 Å². The molecule has 3 nitrogen and oxygen atoms in total. The first-order valence-electron chi connectivity index (χ1n) is 7.50. The second kappa shape index (κ2) is 5.68. The van der Waals surface area contributed by atoms with E-state index in [9.17, 15) is 0 Å². The van der Waals surface area contributed by atoms with E-state index in [4.69, 9.17) is 4.74 Å². The van der Waals surface area contributed by atoms with Crippen molar-refractivity contribution in [3.8, 4) is 0 Å². The highest BCUT2D eigenvalue weighted by Gasteiger charge is 2.36. The van der Waals surface area contributed by atoms with Gasteiger partial charge in [0.05, 0.1) is 6.10 Å². The minimum absolute atomic E-state index is 0.581. The Labute approximate surface area is 105 Å². The molecule has 3 aliphatic rings. The lowest BCUT2D eigenvalue weighted by Crippen LogP contribution is -2.52. The second-order valence-electron chi connectivity index (χ2n) is 5.92. The van der Waals surface area contributed by atoms with Crippen molar-refractivity contribution >= 4 is 0 Å². The summed E-state index contributed by atoms with van der Waals surface area (Å²) in [4.78, 5) is 2.74. The average molecular weight is 238 g/mol. The van der Waals surface area contributed by atoms with Crippen molar-refractivity contribution < 1.29 is 4.74 Å². The molecule has 2 saturated heterocycles. The molecule has 0 spiro atoms. The smallest absolute Gasteiger partial charge is 0.0576 e. The molecule has 1 N–H and O–H groups in total. The van der Waals surface area contributed by atoms with Gasteiger partial charge in [0.1, 0.15) is 0 Å². The normalized spacial score (nSPS) is 35.3. The summed E-state index contributed by atoms with van der Waals surface area (Å²) >= 11 is 0. The van der Waals surface area contributed by atoms with E-state index in [1.807, 2.05) is 0 Å². The number of rotatable bonds is 5. The fourth-order valence-corrected chi connectivity index (χ4v) is 3.39. The third kappa shape index (κ3) is 3.21. The first-order valence-corrected chi connectivity index (χ1v) is 7.50. The Kier molecular flexibility index (Phi) is 3.99. The zero-order valence-corrected chi connectivity index (χ0v) is 10.9. The van der Waals surface area contributed by atoms with Crippen LogP contribution in [0.5, 0.6) is 0 Å². The molecule has 0 radical (unpaired) electrons. The van der Waals surface area contributed by atoms with Crippen LogP contribution in [0.4, 0.5) is 0 Å². The topological polar surface area (TPSA) is 24.5 Å². The van der Waals surface area contributed by atoms with E-state index in [0.29, 0.717) is 6.10 Å². The largest absolute Gasteiger partial charge is 0.378 e. The fourth-order valence-electron chi connectivity index (χ4n) is 3.39. The summed E-state index contributed by atoms with van der Waals surface area (Å²) in [6.07, 6.45) is 8.70. The minimum atomic E-state index is 0.581. The lowest BCUT2D eigenvalue weighted by Gasteiger charge is -2.36. The van der Waals surface area contributed by atoms with Crippen LogP contribution in [0, 0.1) is 5.92 Å². The van der Waals surface area contributed by atoms with Gasteiger partial charge in [-0.05, 0) is 51.0 Å². The third-order valence-electron chi connectivity index (χ3n) is 4.56. The molecule has 3 rings (SSSR count). The highest BCUT2D eigenvalue weighted by molar-refractivity contribution is 4.92. The predicted octanol–water partition coefficient (Wildman–Crippen LogP) is 1.63. The number of nitrogens with zero attached hydrogens (tertiary/aromatic N) is 1. The van der Waals surface area contributed by atoms with Gasteiger partial charge in [-0.15, -0.1) is 0 Å². The Morgan fingerprint density at radius 1 is 1.24 bits per heavy atom. The standard InChI is InChI=1S/C14H26N2O/c1(3-13-4-2-10-17-13)8-16-9-7-15-11-14(16)12-5-6-12/h12-15H,1-11H2. The molecule has 2 aliphatic heterocycles. The number of hydrogen-bond acceptors (Lipinski definition) is 3. The zero-order chi connectivity index (χ0) is 11.5. The molecule has 1 saturated carbocycles. The summed E-state index contributed by atoms with van der Waals surface area (Å²) in [7, 11) is 0. The van der Waals surface area contributed by atoms with Gasteiger partial charge in [0, 0.05) is 32.3 Å². The lowest BCUT2D eigenvalue weighted by atomic mass is 10.1. The number of ether oxygens (including phenoxy) is 1. The van der Waals surface area contributed by atoms with Crippen LogP contribution in [0.25, 0.3) is 0 Å². The predicted molar refractivity (Wildman–Crippen MR) is 69.2 cm³/mol. The molecule has 2 heterocycles. The van der Waals surface area contributed by atoms with Crippen LogP contribution < -0.4 is 5.32 Å². The first kappa shape index (κ1) is 11.9. The minimum Gasteiger partial charge on any atom is -0.378 e. The summed E-state index contributed by atoms with van der Waals surface area (Å²) in [5.41, 5.74) is 0. The van der Waals surface area contributed by atoms with Crippen LogP contribution >= 0.6 is 0 Å². The molecule has 98 valence electrons. The second-order valence-corrected chi connectivity index (χ2v) is 5.92. The molecule has 17 heavy (non-hydrogen) atoms. The van der Waals surface area contributed by atoms with Crippen molar-refractivity contribution in [2.45, 2.75) is 50.7 Å². The van der Waals surface area contributed by atoms with Crippen molar-refractivity contribution in [3.05, 3.63) is 0 Å². The van der Waals surface area contributed by atoms with E-state index < -0.39 is 0 Å². The van der Waals surface area contributed by atoms with Gasteiger partial charge in [-0.2, -0.15) is 0 Å². The van der Waals surface area contributed by atoms with Crippen LogP contribution in [0.15, 0.2) is 0 Å². The Hall–Kier alpha value is -0.120. The fraction of sp³-hybridized carbons (Fsp3) is 1.00. The molecular formula is C14H26N2O. The Balaban J connectivity index is 1.39. The monoisotopic (exact) mass is 238 g/mol. The van der Waals surface area contributed by atoms with E-state index in [2.05, 4.69) is 10.2 Å². The van der Waals surface area contributed by atoms with E-state index in [-0.39, 0.29) is 0 Å². The summed E-state index contributed by atoms with van der Waals surface area (Å²) < 4.78 is 5.70. The molecule has 3 heteroatoms. The molecule has 0 bridgehead atoms. The van der Waals surface area contributed by atoms with Crippen LogP contribution in [0.3, 0.4) is 0 Å². The van der Waals surface area contributed by atoms with E-state index >= 15 is 0 Å². The summed E-state index contributed by atoms with van der Waals surface area (Å²) in [5, 5.41) is 3.55. The molecule has 0 aromatic rings. The lowest BCUT2D eigenvalue weighted by molar-refractivity contribution is 0.0905. The van der Waals surface area contributed by atoms with Gasteiger partial charge >= 0.3 is 0 Å². The van der Waals surface area contributed by atoms with E-state index in [1.165, 1.54) is 64.7 Å². The number of nitrogens with one attached hydrogen (secondary N) is 1. The summed E-state index contributed by atoms with van der Waals surface area (Å²) in [5.74, 6) is 1.01. The molecule has 2 unspecified atom stereocenters. The third-order valence-corrected chi connectivity index (χ3v) is 4.56. The van der Waals surface area contributed by atoms with Gasteiger partial charge in [0.2, 0.25) is 0 Å². The van der Waals surface area contributed by atoms with Gasteiger partial charge in [0.25, 0.3) is 0 Å². The maximum Gasteiger partial charge on any atom is 0.0576 e. The molecule has 1 aliphatic carbocycles. The zero-order valence-electron chi connectivity index (χ0n) is 10.9. The molecular weight excluding hydrogens is 212 g/mol. The highest BCUT2D eigenvalue weighted by Crippen LogP contribution is 2.35. The Bertz CT molecular complexity index is 236. The van der Waals surface area contributed by atoms with Gasteiger partial charge in [-0.3, -0.25) is 4.90 Å². The van der Waals surface area contributed by atoms with Crippen molar-refractivity contribution in [2.24, 2.45) is 5.92 Å². The molecule has 0 aromatic carbocycles. The summed E-state index contributed by atoms with van der Waals surface area (Å²) in [6, 6.07) is 0.841. The van der Waals surface area contributed by atoms with Crippen LogP contribution in [-0.2, 0) is 4.74 Å². The quantitative estimate of drug-likeness (QED) is 0.788. The van der Waals surface area contributed by atoms with Crippen LogP contribution in [0.1, 0.15) is 38.5 Å². The van der Waals surface area contributed by atoms with Gasteiger partial charge in [0.15, 0.2) is 0 Å². The van der Waals surface area contributed by atoms with E-state index in [0.717, 1.165) is 18.6 Å². The van der Waals surface area contributed by atoms with Gasteiger partial charge < -0.3 is 10.1 Å². The Morgan fingerprint density at radius 2 is 2.18 bits per heavy atom. The van der Waals surface area contributed by atoms with Gasteiger partial charge in [-0.25, -0.2) is 0 Å². The molecule has 3 fully saturated rings. The number of piperazine rings is 1. The Morgan fingerprint density at radius 3 is 2.94 bits per heavy atom. The van der Waals surface area contributed by atoms with Crippen LogP contribution in [0.2, 0.25) is 0 Å². The maximum absolute atomic E-state index is 5.70. The van der Waals surface area contributed by atoms with Gasteiger partial charge in [-0.1, -0.05) is 0 Å². The SMILES string of the molecule is C1COC(CCCN2CCNCC2C2CC2)C1.